The Bertz CT molecular complexity index is 1130. The summed E-state index contributed by atoms with van der Waals surface area (Å²) in [6, 6.07) is 0. The van der Waals surface area contributed by atoms with Crippen LogP contribution in [0.15, 0.2) is 5.11 Å². The summed E-state index contributed by atoms with van der Waals surface area (Å²) < 4.78 is 22.6. The van der Waals surface area contributed by atoms with Crippen LogP contribution in [0.1, 0.15) is 135 Å². The van der Waals surface area contributed by atoms with Gasteiger partial charge in [-0.25, -0.2) is 19.2 Å². The third-order valence-electron chi connectivity index (χ3n) is 6.96. The zero-order valence-electron chi connectivity index (χ0n) is 34.7. The molecule has 0 aromatic carbocycles. The Morgan fingerprint density at radius 2 is 0.712 bits per heavy atom. The third-order valence-corrected chi connectivity index (χ3v) is 6.96. The van der Waals surface area contributed by atoms with Gasteiger partial charge >= 0.3 is 24.4 Å². The summed E-state index contributed by atoms with van der Waals surface area (Å²) in [4.78, 5) is 61.6. The van der Waals surface area contributed by atoms with E-state index in [9.17, 15) is 19.2 Å². The molecule has 15 nitrogen and oxygen atoms in total. The monoisotopic (exact) mass is 742 g/mol. The van der Waals surface area contributed by atoms with Crippen LogP contribution in [-0.2, 0) is 18.9 Å². The van der Waals surface area contributed by atoms with Gasteiger partial charge in [0.25, 0.3) is 0 Å². The zero-order valence-corrected chi connectivity index (χ0v) is 34.7. The van der Waals surface area contributed by atoms with Crippen molar-refractivity contribution in [1.29, 1.82) is 0 Å². The molecule has 52 heavy (non-hydrogen) atoms. The van der Waals surface area contributed by atoms with Crippen LogP contribution in [0.3, 0.4) is 0 Å². The minimum absolute atomic E-state index is 0.251. The van der Waals surface area contributed by atoms with Crippen molar-refractivity contribution < 1.29 is 38.1 Å². The number of hydrogen-bond acceptors (Lipinski definition) is 9. The van der Waals surface area contributed by atoms with E-state index in [0.29, 0.717) is 84.5 Å². The second-order valence-corrected chi connectivity index (χ2v) is 16.9. The molecule has 0 bridgehead atoms. The van der Waals surface area contributed by atoms with Crippen LogP contribution in [0.25, 0.3) is 10.4 Å². The second-order valence-electron chi connectivity index (χ2n) is 16.9. The van der Waals surface area contributed by atoms with Crippen molar-refractivity contribution in [2.75, 3.05) is 58.9 Å². The molecule has 0 aliphatic heterocycles. The van der Waals surface area contributed by atoms with Crippen molar-refractivity contribution in [3.8, 4) is 0 Å². The van der Waals surface area contributed by atoms with Crippen molar-refractivity contribution in [1.82, 2.24) is 19.6 Å². The molecule has 0 radical (unpaired) electrons. The van der Waals surface area contributed by atoms with E-state index >= 15 is 0 Å². The van der Waals surface area contributed by atoms with Crippen LogP contribution in [0.5, 0.6) is 0 Å². The highest BCUT2D eigenvalue weighted by Gasteiger charge is 2.27. The highest BCUT2D eigenvalue weighted by atomic mass is 16.6. The quantitative estimate of drug-likeness (QED) is 0.0392. The fraction of sp³-hybridized carbons (Fsp3) is 0.892. The predicted octanol–water partition coefficient (Wildman–Crippen LogP) is 9.00. The molecule has 0 aromatic heterocycles. The van der Waals surface area contributed by atoms with Crippen molar-refractivity contribution in [3.63, 3.8) is 0 Å². The zero-order chi connectivity index (χ0) is 40.2. The summed E-state index contributed by atoms with van der Waals surface area (Å²) >= 11 is 0. The Hall–Kier alpha value is -3.61. The molecule has 0 rings (SSSR count). The van der Waals surface area contributed by atoms with E-state index in [-0.39, 0.29) is 12.6 Å². The Labute approximate surface area is 313 Å². The van der Waals surface area contributed by atoms with E-state index in [1.54, 1.807) is 40.4 Å². The van der Waals surface area contributed by atoms with Crippen LogP contribution in [-0.4, -0.2) is 125 Å². The minimum Gasteiger partial charge on any atom is -0.444 e. The lowest BCUT2D eigenvalue weighted by Gasteiger charge is -2.31. The van der Waals surface area contributed by atoms with Crippen molar-refractivity contribution in [2.24, 2.45) is 5.11 Å². The molecule has 4 amide bonds. The lowest BCUT2D eigenvalue weighted by molar-refractivity contribution is 0.0165. The molecule has 0 N–H and O–H groups in total. The number of carbonyl (C=O) groups excluding carboxylic acids is 4. The van der Waals surface area contributed by atoms with Gasteiger partial charge in [0.15, 0.2) is 0 Å². The van der Waals surface area contributed by atoms with Gasteiger partial charge in [0.2, 0.25) is 0 Å². The Balaban J connectivity index is 5.64. The first-order valence-electron chi connectivity index (χ1n) is 18.8. The molecule has 0 aliphatic rings. The molecule has 0 saturated heterocycles. The van der Waals surface area contributed by atoms with Gasteiger partial charge in [-0.3, -0.25) is 0 Å². The van der Waals surface area contributed by atoms with Crippen molar-refractivity contribution >= 4 is 24.4 Å². The van der Waals surface area contributed by atoms with E-state index < -0.39 is 40.7 Å². The van der Waals surface area contributed by atoms with Gasteiger partial charge in [-0.1, -0.05) is 18.5 Å². The second kappa shape index (κ2) is 23.1. The summed E-state index contributed by atoms with van der Waals surface area (Å²) in [7, 11) is 0. The number of azide groups is 1. The summed E-state index contributed by atoms with van der Waals surface area (Å²) in [5.41, 5.74) is 5.95. The van der Waals surface area contributed by atoms with Gasteiger partial charge in [0.1, 0.15) is 22.4 Å². The maximum absolute atomic E-state index is 13.2. The molecular weight excluding hydrogens is 670 g/mol. The summed E-state index contributed by atoms with van der Waals surface area (Å²) in [6.45, 7) is 27.3. The molecule has 302 valence electrons. The maximum Gasteiger partial charge on any atom is 0.410 e. The van der Waals surface area contributed by atoms with Crippen molar-refractivity contribution in [2.45, 2.75) is 157 Å². The van der Waals surface area contributed by atoms with Gasteiger partial charge in [-0.2, -0.15) is 0 Å². The minimum atomic E-state index is -0.697. The van der Waals surface area contributed by atoms with Crippen LogP contribution >= 0.6 is 0 Å². The lowest BCUT2D eigenvalue weighted by atomic mass is 10.2. The first-order valence-corrected chi connectivity index (χ1v) is 18.8. The topological polar surface area (TPSA) is 167 Å². The fourth-order valence-corrected chi connectivity index (χ4v) is 4.72. The molecule has 0 aromatic rings. The van der Waals surface area contributed by atoms with Gasteiger partial charge < -0.3 is 38.5 Å². The summed E-state index contributed by atoms with van der Waals surface area (Å²) in [6.07, 6.45) is 2.71. The first kappa shape index (κ1) is 48.4. The van der Waals surface area contributed by atoms with Crippen LogP contribution in [0.2, 0.25) is 0 Å². The molecule has 0 atom stereocenters. The number of rotatable bonds is 20. The van der Waals surface area contributed by atoms with Gasteiger partial charge in [0, 0.05) is 63.8 Å². The molecule has 0 spiro atoms. The molecular formula is C37H71N7O8. The number of unbranched alkanes of at least 4 members (excludes halogenated alkanes) is 2. The number of hydrogen-bond donors (Lipinski definition) is 0. The van der Waals surface area contributed by atoms with Crippen LogP contribution in [0, 0.1) is 0 Å². The van der Waals surface area contributed by atoms with E-state index in [1.165, 1.54) is 0 Å². The highest BCUT2D eigenvalue weighted by molar-refractivity contribution is 5.69. The molecule has 0 unspecified atom stereocenters. The van der Waals surface area contributed by atoms with Gasteiger partial charge in [0.05, 0.1) is 0 Å². The SMILES string of the molecule is CCCCN(CCCN(CCCCN(CCCN(CCCN=[N+]=[N-])C(=O)OC(C)(C)C)C(=O)OC(C)(C)C)C(=O)OC(C)(C)C)C(=O)OC(C)(C)C. The standard InChI is InChI=1S/C37H71N7O8/c1-14-15-22-41(30(45)49-34(2,3)4)26-19-27-42(31(46)50-35(5,6)7)23-16-17-24-43(32(47)51-36(8,9)10)28-20-29-44(25-18-21-39-40-38)33(48)52-37(11,12)13/h14-29H2,1-13H3. The number of amides is 4. The maximum atomic E-state index is 13.2. The third kappa shape index (κ3) is 25.4. The van der Waals surface area contributed by atoms with E-state index in [2.05, 4.69) is 16.9 Å². The lowest BCUT2D eigenvalue weighted by Crippen LogP contribution is -2.42. The van der Waals surface area contributed by atoms with Gasteiger partial charge in [-0.05, 0) is 127 Å². The number of carbonyl (C=O) groups is 4. The molecule has 15 heteroatoms. The fourth-order valence-electron chi connectivity index (χ4n) is 4.72. The smallest absolute Gasteiger partial charge is 0.410 e. The van der Waals surface area contributed by atoms with Crippen LogP contribution in [0.4, 0.5) is 19.2 Å². The highest BCUT2D eigenvalue weighted by Crippen LogP contribution is 2.16. The van der Waals surface area contributed by atoms with Crippen molar-refractivity contribution in [3.05, 3.63) is 10.4 Å². The van der Waals surface area contributed by atoms with Crippen LogP contribution < -0.4 is 0 Å². The van der Waals surface area contributed by atoms with E-state index in [1.807, 2.05) is 62.3 Å². The molecule has 0 heterocycles. The Morgan fingerprint density at radius 3 is 0.962 bits per heavy atom. The average molecular weight is 742 g/mol. The Morgan fingerprint density at radius 1 is 0.462 bits per heavy atom. The Kier molecular flexibility index (Phi) is 21.5. The predicted molar refractivity (Wildman–Crippen MR) is 203 cm³/mol. The molecule has 0 aliphatic carbocycles. The number of nitrogens with zero attached hydrogens (tertiary/aromatic N) is 7. The first-order chi connectivity index (χ1) is 23.9. The van der Waals surface area contributed by atoms with Gasteiger partial charge in [-0.15, -0.1) is 0 Å². The van der Waals surface area contributed by atoms with E-state index in [0.717, 1.165) is 12.8 Å². The summed E-state index contributed by atoms with van der Waals surface area (Å²) in [5, 5.41) is 3.56. The summed E-state index contributed by atoms with van der Waals surface area (Å²) in [5.74, 6) is 0. The largest absolute Gasteiger partial charge is 0.444 e. The van der Waals surface area contributed by atoms with E-state index in [4.69, 9.17) is 24.5 Å². The molecule has 0 fully saturated rings. The number of ether oxygens (including phenoxy) is 4. The normalized spacial score (nSPS) is 11.9. The molecule has 0 saturated carbocycles. The average Bonchev–Trinajstić information content (AvgIpc) is 2.96.